The van der Waals surface area contributed by atoms with Crippen molar-refractivity contribution in [3.05, 3.63) is 0 Å². The van der Waals surface area contributed by atoms with Gasteiger partial charge in [-0.25, -0.2) is 0 Å². The molecule has 0 bridgehead atoms. The zero-order valence-corrected chi connectivity index (χ0v) is 17.6. The van der Waals surface area contributed by atoms with E-state index in [1.54, 1.807) is 0 Å². The van der Waals surface area contributed by atoms with Gasteiger partial charge >= 0.3 is 17.6 Å². The fraction of sp³-hybridized carbons (Fsp3) is 0.538. The van der Waals surface area contributed by atoms with Gasteiger partial charge in [-0.05, 0) is 0 Å². The van der Waals surface area contributed by atoms with E-state index in [9.17, 15) is 28.8 Å². The van der Waals surface area contributed by atoms with Crippen LogP contribution in [0.25, 0.3) is 0 Å². The maximum absolute atomic E-state index is 11.5. The van der Waals surface area contributed by atoms with Crippen LogP contribution in [0, 0.1) is 0 Å². The van der Waals surface area contributed by atoms with Gasteiger partial charge in [0.2, 0.25) is 0 Å². The van der Waals surface area contributed by atoms with Gasteiger partial charge in [-0.15, -0.1) is 0 Å². The number of hydrogen-bond donors (Lipinski definition) is 0. The highest BCUT2D eigenvalue weighted by Crippen LogP contribution is 2.28. The second-order valence-electron chi connectivity index (χ2n) is 5.10. The summed E-state index contributed by atoms with van der Waals surface area (Å²) in [6.07, 6.45) is 0. The Kier molecular flexibility index (Phi) is 8.82. The van der Waals surface area contributed by atoms with Gasteiger partial charge in [0.25, 0.3) is 35.8 Å². The second-order valence-corrected chi connectivity index (χ2v) is 10.5. The predicted octanol–water partition coefficient (Wildman–Crippen LogP) is -0.218. The van der Waals surface area contributed by atoms with E-state index >= 15 is 0 Å². The molecular formula is C13H20O12Si2. The molecule has 0 saturated heterocycles. The van der Waals surface area contributed by atoms with Gasteiger partial charge in [0, 0.05) is 41.5 Å². The van der Waals surface area contributed by atoms with Crippen LogP contribution in [0.15, 0.2) is 0 Å². The lowest BCUT2D eigenvalue weighted by molar-refractivity contribution is -0.148. The summed E-state index contributed by atoms with van der Waals surface area (Å²) in [4.78, 5) is 69.0. The molecule has 0 radical (unpaired) electrons. The Labute approximate surface area is 156 Å². The summed E-state index contributed by atoms with van der Waals surface area (Å²) in [5.74, 6) is -6.08. The SMILES string of the molecule is CC(=O)O[Si](C[Si](OC(C)=O)(OC(C)=O)OC(C)=O)(OC(C)=O)OC(C)=O. The number of rotatable bonds is 8. The van der Waals surface area contributed by atoms with Crippen LogP contribution in [-0.4, -0.2) is 53.4 Å². The van der Waals surface area contributed by atoms with Crippen molar-refractivity contribution in [1.82, 2.24) is 0 Å². The molecule has 0 aliphatic heterocycles. The van der Waals surface area contributed by atoms with Gasteiger partial charge < -0.3 is 26.6 Å². The average molecular weight is 424 g/mol. The molecule has 0 amide bonds. The zero-order valence-electron chi connectivity index (χ0n) is 15.6. The standard InChI is InChI=1S/C13H20O12Si2/c1-8(14)20-26(21-9(2)15,22-10(3)16)7-27(23-11(4)17,24-12(5)18)25-13(6)19/h7H2,1-6H3. The topological polar surface area (TPSA) is 158 Å². The third kappa shape index (κ3) is 9.50. The van der Waals surface area contributed by atoms with E-state index in [0.29, 0.717) is 0 Å². The van der Waals surface area contributed by atoms with E-state index in [0.717, 1.165) is 41.5 Å². The lowest BCUT2D eigenvalue weighted by atomic mass is 10.9. The first kappa shape index (κ1) is 24.3. The van der Waals surface area contributed by atoms with E-state index < -0.39 is 59.1 Å². The Bertz CT molecular complexity index is 508. The first-order valence-electron chi connectivity index (χ1n) is 7.38. The molecular weight excluding hydrogens is 404 g/mol. The van der Waals surface area contributed by atoms with E-state index in [4.69, 9.17) is 26.6 Å². The van der Waals surface area contributed by atoms with Crippen molar-refractivity contribution in [1.29, 1.82) is 0 Å². The summed E-state index contributed by atoms with van der Waals surface area (Å²) < 4.78 is 29.6. The molecule has 14 heteroatoms. The Morgan fingerprint density at radius 1 is 0.444 bits per heavy atom. The number of carbonyl (C=O) groups excluding carboxylic acids is 6. The molecule has 0 aromatic heterocycles. The first-order chi connectivity index (χ1) is 12.2. The average Bonchev–Trinajstić information content (AvgIpc) is 2.30. The molecule has 0 aromatic carbocycles. The predicted molar refractivity (Wildman–Crippen MR) is 86.9 cm³/mol. The Morgan fingerprint density at radius 3 is 0.704 bits per heavy atom. The van der Waals surface area contributed by atoms with Crippen LogP contribution >= 0.6 is 0 Å². The smallest absolute Gasteiger partial charge is 0.455 e. The Morgan fingerprint density at radius 2 is 0.593 bits per heavy atom. The van der Waals surface area contributed by atoms with Crippen molar-refractivity contribution in [3.8, 4) is 0 Å². The van der Waals surface area contributed by atoms with Crippen molar-refractivity contribution >= 4 is 53.4 Å². The van der Waals surface area contributed by atoms with Crippen LogP contribution in [0.3, 0.4) is 0 Å². The second kappa shape index (κ2) is 9.81. The molecule has 0 heterocycles. The minimum Gasteiger partial charge on any atom is -0.455 e. The molecule has 0 N–H and O–H groups in total. The van der Waals surface area contributed by atoms with Gasteiger partial charge in [0.05, 0.1) is 0 Å². The molecule has 0 spiro atoms. The molecule has 0 aliphatic rings. The minimum atomic E-state index is -4.64. The van der Waals surface area contributed by atoms with E-state index in [1.807, 2.05) is 0 Å². The molecule has 0 atom stereocenters. The van der Waals surface area contributed by atoms with Crippen molar-refractivity contribution in [3.63, 3.8) is 0 Å². The fourth-order valence-corrected chi connectivity index (χ4v) is 8.65. The number of carbonyl (C=O) groups is 6. The largest absolute Gasteiger partial charge is 0.713 e. The van der Waals surface area contributed by atoms with Crippen molar-refractivity contribution in [2.45, 2.75) is 47.2 Å². The highest BCUT2D eigenvalue weighted by molar-refractivity contribution is 6.83. The summed E-state index contributed by atoms with van der Waals surface area (Å²) in [5, 5.41) is 0. The fourth-order valence-electron chi connectivity index (χ4n) is 1.92. The molecule has 152 valence electrons. The Balaban J connectivity index is 6.38. The zero-order chi connectivity index (χ0) is 21.4. The van der Waals surface area contributed by atoms with Gasteiger partial charge in [-0.3, -0.25) is 28.8 Å². The minimum absolute atomic E-state index is 0.932. The molecule has 0 aromatic rings. The van der Waals surface area contributed by atoms with E-state index in [-0.39, 0.29) is 0 Å². The summed E-state index contributed by atoms with van der Waals surface area (Å²) in [7, 11) is -9.28. The first-order valence-corrected chi connectivity index (χ1v) is 11.2. The van der Waals surface area contributed by atoms with Crippen LogP contribution in [-0.2, 0) is 55.3 Å². The van der Waals surface area contributed by atoms with Crippen LogP contribution < -0.4 is 0 Å². The van der Waals surface area contributed by atoms with Crippen LogP contribution in [0.5, 0.6) is 0 Å². The lowest BCUT2D eigenvalue weighted by Crippen LogP contribution is -2.61. The lowest BCUT2D eigenvalue weighted by Gasteiger charge is -2.32. The maximum atomic E-state index is 11.5. The molecule has 0 fully saturated rings. The summed E-state index contributed by atoms with van der Waals surface area (Å²) in [6.45, 7) is 5.59. The molecule has 0 rings (SSSR count). The third-order valence-corrected chi connectivity index (χ3v) is 9.28. The summed E-state index contributed by atoms with van der Waals surface area (Å²) in [5.41, 5.74) is -0.933. The Hall–Kier alpha value is -2.75. The van der Waals surface area contributed by atoms with Crippen molar-refractivity contribution in [2.24, 2.45) is 0 Å². The summed E-state index contributed by atoms with van der Waals surface area (Å²) in [6, 6.07) is 0. The van der Waals surface area contributed by atoms with Gasteiger partial charge in [-0.1, -0.05) is 0 Å². The molecule has 0 unspecified atom stereocenters. The monoisotopic (exact) mass is 424 g/mol. The molecule has 27 heavy (non-hydrogen) atoms. The molecule has 0 saturated carbocycles. The van der Waals surface area contributed by atoms with Crippen LogP contribution in [0.1, 0.15) is 41.5 Å². The van der Waals surface area contributed by atoms with E-state index in [2.05, 4.69) is 0 Å². The van der Waals surface area contributed by atoms with Crippen molar-refractivity contribution in [2.75, 3.05) is 0 Å². The third-order valence-electron chi connectivity index (χ3n) is 2.23. The summed E-state index contributed by atoms with van der Waals surface area (Å²) >= 11 is 0. The van der Waals surface area contributed by atoms with Gasteiger partial charge in [-0.2, -0.15) is 0 Å². The number of hydrogen-bond acceptors (Lipinski definition) is 12. The van der Waals surface area contributed by atoms with E-state index in [1.165, 1.54) is 0 Å². The quantitative estimate of drug-likeness (QED) is 0.472. The van der Waals surface area contributed by atoms with Crippen LogP contribution in [0.4, 0.5) is 0 Å². The van der Waals surface area contributed by atoms with Gasteiger partial charge in [0.1, 0.15) is 0 Å². The van der Waals surface area contributed by atoms with Crippen LogP contribution in [0.2, 0.25) is 5.67 Å². The van der Waals surface area contributed by atoms with Crippen molar-refractivity contribution < 1.29 is 55.3 Å². The highest BCUT2D eigenvalue weighted by atomic mass is 28.5. The maximum Gasteiger partial charge on any atom is 0.713 e. The van der Waals surface area contributed by atoms with Gasteiger partial charge in [0.15, 0.2) is 5.67 Å². The molecule has 12 nitrogen and oxygen atoms in total. The normalized spacial score (nSPS) is 10.9. The highest BCUT2D eigenvalue weighted by Gasteiger charge is 2.68. The molecule has 0 aliphatic carbocycles.